The predicted octanol–water partition coefficient (Wildman–Crippen LogP) is 10.6. The molecule has 0 fully saturated rings. The van der Waals surface area contributed by atoms with E-state index in [-0.39, 0.29) is 0 Å². The zero-order valence-electron chi connectivity index (χ0n) is 25.9. The number of carboxylic acids is 1. The van der Waals surface area contributed by atoms with Crippen LogP contribution in [0.5, 0.6) is 0 Å². The van der Waals surface area contributed by atoms with Gasteiger partial charge in [0, 0.05) is 19.8 Å². The minimum absolute atomic E-state index is 0.572. The number of carboxylic acid groups (broad SMARTS) is 1. The fraction of sp³-hybridized carbons (Fsp3) is 0.970. The van der Waals surface area contributed by atoms with Crippen molar-refractivity contribution in [3.63, 3.8) is 0 Å². The molecule has 216 valence electrons. The van der Waals surface area contributed by atoms with Crippen LogP contribution in [0.15, 0.2) is 0 Å². The molecule has 36 heavy (non-hydrogen) atoms. The van der Waals surface area contributed by atoms with E-state index in [0.717, 1.165) is 6.54 Å². The zero-order valence-corrected chi connectivity index (χ0v) is 25.9. The SMILES string of the molecule is CCCCCCCCCCCCCC(CCCCCCCCCCCC)C[N+](C)(C)C(C)(C)C(=O)O. The van der Waals surface area contributed by atoms with E-state index in [9.17, 15) is 9.90 Å². The highest BCUT2D eigenvalue weighted by Gasteiger charge is 2.44. The van der Waals surface area contributed by atoms with Crippen LogP contribution in [0.3, 0.4) is 0 Å². The molecule has 0 aliphatic rings. The minimum atomic E-state index is -0.743. The average molecular weight is 511 g/mol. The monoisotopic (exact) mass is 511 g/mol. The Morgan fingerprint density at radius 3 is 1.14 bits per heavy atom. The second kappa shape index (κ2) is 22.4. The molecule has 3 nitrogen and oxygen atoms in total. The lowest BCUT2D eigenvalue weighted by atomic mass is 9.90. The van der Waals surface area contributed by atoms with E-state index < -0.39 is 11.5 Å². The van der Waals surface area contributed by atoms with E-state index in [0.29, 0.717) is 10.4 Å². The van der Waals surface area contributed by atoms with Crippen LogP contribution in [-0.4, -0.2) is 41.7 Å². The molecule has 3 heteroatoms. The Kier molecular flexibility index (Phi) is 22.1. The van der Waals surface area contributed by atoms with Gasteiger partial charge in [0.1, 0.15) is 0 Å². The highest BCUT2D eigenvalue weighted by molar-refractivity contribution is 5.76. The summed E-state index contributed by atoms with van der Waals surface area (Å²) >= 11 is 0. The minimum Gasteiger partial charge on any atom is -0.477 e. The van der Waals surface area contributed by atoms with Crippen molar-refractivity contribution in [2.45, 2.75) is 181 Å². The van der Waals surface area contributed by atoms with Gasteiger partial charge in [0.05, 0.1) is 20.6 Å². The van der Waals surface area contributed by atoms with Crippen molar-refractivity contribution < 1.29 is 14.4 Å². The molecule has 0 saturated heterocycles. The van der Waals surface area contributed by atoms with Gasteiger partial charge in [-0.05, 0) is 12.8 Å². The molecule has 0 aromatic carbocycles. The molecule has 0 radical (unpaired) electrons. The van der Waals surface area contributed by atoms with Crippen molar-refractivity contribution in [3.05, 3.63) is 0 Å². The van der Waals surface area contributed by atoms with Gasteiger partial charge in [0.2, 0.25) is 0 Å². The molecular weight excluding hydrogens is 442 g/mol. The summed E-state index contributed by atoms with van der Waals surface area (Å²) in [6.07, 6.45) is 31.6. The third-order valence-electron chi connectivity index (χ3n) is 8.93. The van der Waals surface area contributed by atoms with Gasteiger partial charge in [-0.2, -0.15) is 0 Å². The lowest BCUT2D eigenvalue weighted by molar-refractivity contribution is -0.931. The van der Waals surface area contributed by atoms with Crippen LogP contribution in [0, 0.1) is 5.92 Å². The first-order chi connectivity index (χ1) is 17.2. The number of carbonyl (C=O) groups is 1. The average Bonchev–Trinajstić information content (AvgIpc) is 2.83. The Bertz CT molecular complexity index is 500. The highest BCUT2D eigenvalue weighted by Crippen LogP contribution is 2.28. The first kappa shape index (κ1) is 35.4. The fourth-order valence-electron chi connectivity index (χ4n) is 5.48. The third kappa shape index (κ3) is 17.8. The van der Waals surface area contributed by atoms with Crippen molar-refractivity contribution >= 4 is 5.97 Å². The summed E-state index contributed by atoms with van der Waals surface area (Å²) in [5.41, 5.74) is -0.743. The standard InChI is InChI=1S/C33H67NO2/c1-7-9-11-13-15-17-19-21-23-25-27-29-31(30-34(5,6)33(3,4)32(35)36)28-26-24-22-20-18-16-14-12-10-8-2/h31H,7-30H2,1-6H3/p+1. The number of aliphatic carboxylic acids is 1. The number of rotatable bonds is 27. The van der Waals surface area contributed by atoms with E-state index >= 15 is 0 Å². The second-order valence-corrected chi connectivity index (χ2v) is 12.9. The van der Waals surface area contributed by atoms with Gasteiger partial charge >= 0.3 is 5.97 Å². The molecule has 0 saturated carbocycles. The Morgan fingerprint density at radius 2 is 0.861 bits per heavy atom. The number of hydrogen-bond acceptors (Lipinski definition) is 1. The maximum atomic E-state index is 11.9. The molecule has 0 aliphatic carbocycles. The van der Waals surface area contributed by atoms with Gasteiger partial charge < -0.3 is 9.59 Å². The van der Waals surface area contributed by atoms with E-state index in [2.05, 4.69) is 27.9 Å². The van der Waals surface area contributed by atoms with Gasteiger partial charge in [-0.3, -0.25) is 0 Å². The lowest BCUT2D eigenvalue weighted by Gasteiger charge is -2.43. The quantitative estimate of drug-likeness (QED) is 0.0881. The Hall–Kier alpha value is -0.570. The summed E-state index contributed by atoms with van der Waals surface area (Å²) in [7, 11) is 4.25. The van der Waals surface area contributed by atoms with E-state index in [4.69, 9.17) is 0 Å². The Balaban J connectivity index is 4.30. The van der Waals surface area contributed by atoms with Crippen LogP contribution in [0.1, 0.15) is 175 Å². The number of unbranched alkanes of at least 4 members (excludes halogenated alkanes) is 19. The molecule has 0 spiro atoms. The molecule has 0 aliphatic heterocycles. The Morgan fingerprint density at radius 1 is 0.583 bits per heavy atom. The van der Waals surface area contributed by atoms with Crippen molar-refractivity contribution in [1.29, 1.82) is 0 Å². The van der Waals surface area contributed by atoms with Crippen molar-refractivity contribution in [2.24, 2.45) is 5.92 Å². The number of nitrogens with zero attached hydrogens (tertiary/aromatic N) is 1. The van der Waals surface area contributed by atoms with Gasteiger partial charge in [-0.1, -0.05) is 149 Å². The molecule has 0 aromatic rings. The summed E-state index contributed by atoms with van der Waals surface area (Å²) in [5, 5.41) is 9.82. The zero-order chi connectivity index (χ0) is 27.1. The van der Waals surface area contributed by atoms with E-state index in [1.165, 1.54) is 148 Å². The summed E-state index contributed by atoms with van der Waals surface area (Å²) in [4.78, 5) is 11.9. The van der Waals surface area contributed by atoms with Gasteiger partial charge in [0.15, 0.2) is 5.54 Å². The topological polar surface area (TPSA) is 37.3 Å². The number of likely N-dealkylation sites (N-methyl/N-ethyl adjacent to an activating group) is 1. The molecule has 1 unspecified atom stereocenters. The molecule has 0 rings (SSSR count). The molecular formula is C33H68NO2+. The maximum absolute atomic E-state index is 11.9. The molecule has 1 atom stereocenters. The first-order valence-corrected chi connectivity index (χ1v) is 16.3. The highest BCUT2D eigenvalue weighted by atomic mass is 16.4. The Labute approximate surface area is 227 Å². The summed E-state index contributed by atoms with van der Waals surface area (Å²) in [6.45, 7) is 9.35. The maximum Gasteiger partial charge on any atom is 0.365 e. The summed E-state index contributed by atoms with van der Waals surface area (Å²) in [5.74, 6) is -0.0360. The number of hydrogen-bond donors (Lipinski definition) is 1. The van der Waals surface area contributed by atoms with Crippen molar-refractivity contribution in [1.82, 2.24) is 0 Å². The molecule has 0 heterocycles. The molecule has 0 amide bonds. The van der Waals surface area contributed by atoms with Crippen LogP contribution < -0.4 is 0 Å². The van der Waals surface area contributed by atoms with Gasteiger partial charge in [0.25, 0.3) is 0 Å². The first-order valence-electron chi connectivity index (χ1n) is 16.3. The number of quaternary nitrogens is 1. The predicted molar refractivity (Wildman–Crippen MR) is 160 cm³/mol. The second-order valence-electron chi connectivity index (χ2n) is 12.9. The van der Waals surface area contributed by atoms with E-state index in [1.807, 2.05) is 13.8 Å². The van der Waals surface area contributed by atoms with Crippen molar-refractivity contribution in [2.75, 3.05) is 20.6 Å². The summed E-state index contributed by atoms with van der Waals surface area (Å²) < 4.78 is 0.572. The van der Waals surface area contributed by atoms with Gasteiger partial charge in [-0.15, -0.1) is 0 Å². The fourth-order valence-corrected chi connectivity index (χ4v) is 5.48. The van der Waals surface area contributed by atoms with Crippen molar-refractivity contribution in [3.8, 4) is 0 Å². The van der Waals surface area contributed by atoms with E-state index in [1.54, 1.807) is 0 Å². The summed E-state index contributed by atoms with van der Waals surface area (Å²) in [6, 6.07) is 0. The molecule has 1 N–H and O–H groups in total. The molecule has 0 bridgehead atoms. The lowest BCUT2D eigenvalue weighted by Crippen LogP contribution is -2.62. The third-order valence-corrected chi connectivity index (χ3v) is 8.93. The normalized spacial score (nSPS) is 13.3. The smallest absolute Gasteiger partial charge is 0.365 e. The van der Waals surface area contributed by atoms with Crippen LogP contribution in [-0.2, 0) is 4.79 Å². The van der Waals surface area contributed by atoms with Crippen LogP contribution in [0.25, 0.3) is 0 Å². The van der Waals surface area contributed by atoms with Crippen LogP contribution in [0.2, 0.25) is 0 Å². The largest absolute Gasteiger partial charge is 0.477 e. The van der Waals surface area contributed by atoms with Crippen LogP contribution >= 0.6 is 0 Å². The van der Waals surface area contributed by atoms with Crippen LogP contribution in [0.4, 0.5) is 0 Å². The molecule has 0 aromatic heterocycles. The van der Waals surface area contributed by atoms with Gasteiger partial charge in [-0.25, -0.2) is 4.79 Å².